The van der Waals surface area contributed by atoms with Crippen molar-refractivity contribution < 1.29 is 23.2 Å². The van der Waals surface area contributed by atoms with Crippen LogP contribution in [0.5, 0.6) is 0 Å². The molecule has 0 amide bonds. The van der Waals surface area contributed by atoms with Crippen molar-refractivity contribution in [3.8, 4) is 0 Å². The molecule has 1 aliphatic heterocycles. The van der Waals surface area contributed by atoms with Crippen LogP contribution in [0.25, 0.3) is 0 Å². The molecule has 4 nitrogen and oxygen atoms in total. The molecule has 1 fully saturated rings. The second kappa shape index (κ2) is 5.67. The SMILES string of the molecule is CCOC(=O)c1cc(F)c(C)c(B2OC(C)(C)C(C)(C)O2)c1. The molecule has 0 aromatic heterocycles. The number of esters is 1. The molecule has 0 atom stereocenters. The zero-order valence-electron chi connectivity index (χ0n) is 14.0. The fraction of sp³-hybridized carbons (Fsp3) is 0.562. The van der Waals surface area contributed by atoms with Crippen LogP contribution in [-0.4, -0.2) is 30.9 Å². The van der Waals surface area contributed by atoms with Gasteiger partial charge in [0.15, 0.2) is 0 Å². The predicted octanol–water partition coefficient (Wildman–Crippen LogP) is 2.61. The Bertz CT molecular complexity index is 582. The van der Waals surface area contributed by atoms with Crippen LogP contribution in [0.3, 0.4) is 0 Å². The number of benzene rings is 1. The largest absolute Gasteiger partial charge is 0.495 e. The molecule has 1 aliphatic rings. The maximum atomic E-state index is 14.2. The lowest BCUT2D eigenvalue weighted by Crippen LogP contribution is -2.41. The van der Waals surface area contributed by atoms with E-state index in [0.29, 0.717) is 11.0 Å². The number of carbonyl (C=O) groups excluding carboxylic acids is 1. The van der Waals surface area contributed by atoms with Crippen molar-refractivity contribution >= 4 is 18.6 Å². The summed E-state index contributed by atoms with van der Waals surface area (Å²) in [5, 5.41) is 0. The minimum absolute atomic E-state index is 0.162. The highest BCUT2D eigenvalue weighted by Crippen LogP contribution is 2.36. The first-order valence-electron chi connectivity index (χ1n) is 7.42. The van der Waals surface area contributed by atoms with Gasteiger partial charge in [0.1, 0.15) is 5.82 Å². The van der Waals surface area contributed by atoms with E-state index in [4.69, 9.17) is 14.0 Å². The van der Waals surface area contributed by atoms with Gasteiger partial charge in [-0.05, 0) is 64.7 Å². The Hall–Kier alpha value is -1.40. The Labute approximate surface area is 131 Å². The molecule has 0 aliphatic carbocycles. The quantitative estimate of drug-likeness (QED) is 0.636. The van der Waals surface area contributed by atoms with Gasteiger partial charge in [-0.3, -0.25) is 0 Å². The summed E-state index contributed by atoms with van der Waals surface area (Å²) in [7, 11) is -0.714. The fourth-order valence-electron chi connectivity index (χ4n) is 2.25. The molecule has 0 spiro atoms. The lowest BCUT2D eigenvalue weighted by molar-refractivity contribution is 0.00578. The fourth-order valence-corrected chi connectivity index (χ4v) is 2.25. The predicted molar refractivity (Wildman–Crippen MR) is 82.8 cm³/mol. The Morgan fingerprint density at radius 1 is 1.23 bits per heavy atom. The number of ether oxygens (including phenoxy) is 1. The van der Waals surface area contributed by atoms with E-state index in [2.05, 4.69) is 0 Å². The van der Waals surface area contributed by atoms with Gasteiger partial charge in [-0.1, -0.05) is 0 Å². The number of hydrogen-bond donors (Lipinski definition) is 0. The molecule has 0 radical (unpaired) electrons. The first kappa shape index (κ1) is 17.0. The van der Waals surface area contributed by atoms with Gasteiger partial charge in [-0.15, -0.1) is 0 Å². The first-order chi connectivity index (χ1) is 10.1. The van der Waals surface area contributed by atoms with Crippen LogP contribution in [0, 0.1) is 12.7 Å². The van der Waals surface area contributed by atoms with Crippen molar-refractivity contribution in [3.05, 3.63) is 29.1 Å². The normalized spacial score (nSPS) is 19.3. The van der Waals surface area contributed by atoms with Crippen molar-refractivity contribution in [1.82, 2.24) is 0 Å². The molecule has 1 saturated heterocycles. The van der Waals surface area contributed by atoms with E-state index in [1.807, 2.05) is 27.7 Å². The van der Waals surface area contributed by atoms with Gasteiger partial charge in [0.2, 0.25) is 0 Å². The third kappa shape index (κ3) is 2.90. The summed E-state index contributed by atoms with van der Waals surface area (Å²) in [6, 6.07) is 2.76. The van der Waals surface area contributed by atoms with Crippen molar-refractivity contribution in [3.63, 3.8) is 0 Å². The van der Waals surface area contributed by atoms with Gasteiger partial charge in [-0.25, -0.2) is 9.18 Å². The highest BCUT2D eigenvalue weighted by Gasteiger charge is 2.52. The van der Waals surface area contributed by atoms with Gasteiger partial charge in [-0.2, -0.15) is 0 Å². The van der Waals surface area contributed by atoms with Crippen LogP contribution in [0.2, 0.25) is 0 Å². The number of carbonyl (C=O) groups is 1. The zero-order valence-corrected chi connectivity index (χ0v) is 14.0. The van der Waals surface area contributed by atoms with E-state index >= 15 is 0 Å². The number of hydrogen-bond acceptors (Lipinski definition) is 4. The summed E-state index contributed by atoms with van der Waals surface area (Å²) in [6.07, 6.45) is 0. The molecule has 0 bridgehead atoms. The lowest BCUT2D eigenvalue weighted by atomic mass is 9.75. The highest BCUT2D eigenvalue weighted by atomic mass is 19.1. The molecular formula is C16H22BFO4. The summed E-state index contributed by atoms with van der Waals surface area (Å²) in [6.45, 7) is 11.3. The molecule has 1 aromatic carbocycles. The summed E-state index contributed by atoms with van der Waals surface area (Å²) >= 11 is 0. The van der Waals surface area contributed by atoms with Gasteiger partial charge >= 0.3 is 13.1 Å². The van der Waals surface area contributed by atoms with Crippen molar-refractivity contribution in [2.24, 2.45) is 0 Å². The van der Waals surface area contributed by atoms with E-state index < -0.39 is 30.1 Å². The second-order valence-electron chi connectivity index (χ2n) is 6.48. The van der Waals surface area contributed by atoms with Crippen molar-refractivity contribution in [1.29, 1.82) is 0 Å². The van der Waals surface area contributed by atoms with Crippen LogP contribution in [0.15, 0.2) is 12.1 Å². The van der Waals surface area contributed by atoms with Crippen LogP contribution >= 0.6 is 0 Å². The van der Waals surface area contributed by atoms with Crippen LogP contribution in [0.4, 0.5) is 4.39 Å². The minimum Gasteiger partial charge on any atom is -0.462 e. The Morgan fingerprint density at radius 2 is 1.77 bits per heavy atom. The number of rotatable bonds is 3. The molecule has 0 unspecified atom stereocenters. The topological polar surface area (TPSA) is 44.8 Å². The summed E-state index contributed by atoms with van der Waals surface area (Å²) < 4.78 is 31.0. The highest BCUT2D eigenvalue weighted by molar-refractivity contribution is 6.62. The third-order valence-electron chi connectivity index (χ3n) is 4.40. The van der Waals surface area contributed by atoms with Crippen LogP contribution in [0.1, 0.15) is 50.5 Å². The maximum absolute atomic E-state index is 14.2. The smallest absolute Gasteiger partial charge is 0.462 e. The summed E-state index contributed by atoms with van der Waals surface area (Å²) in [5.74, 6) is -1.03. The molecule has 120 valence electrons. The van der Waals surface area contributed by atoms with Gasteiger partial charge in [0, 0.05) is 0 Å². The minimum atomic E-state index is -0.714. The van der Waals surface area contributed by atoms with E-state index in [9.17, 15) is 9.18 Å². The lowest BCUT2D eigenvalue weighted by Gasteiger charge is -2.32. The Kier molecular flexibility index (Phi) is 4.37. The number of halogens is 1. The third-order valence-corrected chi connectivity index (χ3v) is 4.40. The molecule has 0 saturated carbocycles. The molecule has 2 rings (SSSR count). The molecule has 0 N–H and O–H groups in total. The van der Waals surface area contributed by atoms with E-state index in [1.54, 1.807) is 19.9 Å². The first-order valence-corrected chi connectivity index (χ1v) is 7.42. The maximum Gasteiger partial charge on any atom is 0.495 e. The van der Waals surface area contributed by atoms with Gasteiger partial charge < -0.3 is 14.0 Å². The van der Waals surface area contributed by atoms with Crippen molar-refractivity contribution in [2.75, 3.05) is 6.61 Å². The van der Waals surface area contributed by atoms with Crippen LogP contribution < -0.4 is 5.46 Å². The molecule has 1 heterocycles. The van der Waals surface area contributed by atoms with Gasteiger partial charge in [0.05, 0.1) is 23.4 Å². The second-order valence-corrected chi connectivity index (χ2v) is 6.48. The standard InChI is InChI=1S/C16H22BFO4/c1-7-20-14(19)11-8-12(10(2)13(18)9-11)17-21-15(3,4)16(5,6)22-17/h8-9H,7H2,1-6H3. The van der Waals surface area contributed by atoms with Crippen LogP contribution in [-0.2, 0) is 14.0 Å². The molecule has 6 heteroatoms. The summed E-state index contributed by atoms with van der Waals surface area (Å²) in [4.78, 5) is 11.9. The molecular weight excluding hydrogens is 286 g/mol. The monoisotopic (exact) mass is 308 g/mol. The average molecular weight is 308 g/mol. The van der Waals surface area contributed by atoms with E-state index in [1.165, 1.54) is 6.07 Å². The molecule has 1 aromatic rings. The van der Waals surface area contributed by atoms with Gasteiger partial charge in [0.25, 0.3) is 0 Å². The summed E-state index contributed by atoms with van der Waals surface area (Å²) in [5.41, 5.74) is 0.0315. The van der Waals surface area contributed by atoms with Crippen molar-refractivity contribution in [2.45, 2.75) is 52.7 Å². The average Bonchev–Trinajstić information content (AvgIpc) is 2.61. The van der Waals surface area contributed by atoms with E-state index in [-0.39, 0.29) is 12.2 Å². The Morgan fingerprint density at radius 3 is 2.27 bits per heavy atom. The Balaban J connectivity index is 2.42. The van der Waals surface area contributed by atoms with E-state index in [0.717, 1.165) is 0 Å². The molecule has 22 heavy (non-hydrogen) atoms. The zero-order chi connectivity index (χ0) is 16.7.